The van der Waals surface area contributed by atoms with Crippen LogP contribution in [0.3, 0.4) is 0 Å². The number of amides is 2. The first kappa shape index (κ1) is 14.9. The summed E-state index contributed by atoms with van der Waals surface area (Å²) in [4.78, 5) is 26.1. The van der Waals surface area contributed by atoms with Gasteiger partial charge < -0.3 is 10.2 Å². The number of carbonyl (C=O) groups is 2. The van der Waals surface area contributed by atoms with Crippen LogP contribution in [-0.4, -0.2) is 24.4 Å². The molecule has 1 aliphatic rings. The number of benzene rings is 1. The van der Waals surface area contributed by atoms with Crippen molar-refractivity contribution in [3.63, 3.8) is 0 Å². The van der Waals surface area contributed by atoms with Gasteiger partial charge in [-0.15, -0.1) is 0 Å². The van der Waals surface area contributed by atoms with Crippen LogP contribution in [0, 0.1) is 5.92 Å². The molecule has 0 aromatic heterocycles. The molecule has 0 aliphatic carbocycles. The number of carbonyl (C=O) groups excluding carboxylic acids is 2. The largest absolute Gasteiger partial charge is 0.353 e. The molecule has 0 spiro atoms. The van der Waals surface area contributed by atoms with Gasteiger partial charge in [0.1, 0.15) is 5.92 Å². The van der Waals surface area contributed by atoms with E-state index in [1.165, 1.54) is 0 Å². The molecule has 2 rings (SSSR count). The number of hydrogen-bond acceptors (Lipinski definition) is 2. The van der Waals surface area contributed by atoms with Crippen molar-refractivity contribution in [1.82, 2.24) is 5.32 Å². The molecule has 2 amide bonds. The maximum absolute atomic E-state index is 12.4. The maximum Gasteiger partial charge on any atom is 0.239 e. The fourth-order valence-corrected chi connectivity index (χ4v) is 2.52. The Morgan fingerprint density at radius 2 is 2.20 bits per heavy atom. The molecule has 20 heavy (non-hydrogen) atoms. The summed E-state index contributed by atoms with van der Waals surface area (Å²) in [5.74, 6) is -0.946. The molecule has 108 valence electrons. The molecule has 4 nitrogen and oxygen atoms in total. The summed E-state index contributed by atoms with van der Waals surface area (Å²) < 4.78 is 0. The molecule has 1 heterocycles. The topological polar surface area (TPSA) is 49.4 Å². The zero-order chi connectivity index (χ0) is 14.7. The van der Waals surface area contributed by atoms with Crippen molar-refractivity contribution < 1.29 is 9.59 Å². The van der Waals surface area contributed by atoms with Crippen LogP contribution in [0.2, 0.25) is 5.02 Å². The Kier molecular flexibility index (Phi) is 4.65. The summed E-state index contributed by atoms with van der Waals surface area (Å²) in [6.45, 7) is 4.46. The number of para-hydroxylation sites is 1. The SMILES string of the molecule is CCC(C)NC(=O)C1CCN(c2ccccc2Cl)C1=O. The van der Waals surface area contributed by atoms with Crippen molar-refractivity contribution in [1.29, 1.82) is 0 Å². The zero-order valence-electron chi connectivity index (χ0n) is 11.7. The van der Waals surface area contributed by atoms with Crippen LogP contribution in [0.4, 0.5) is 5.69 Å². The normalized spacial score (nSPS) is 20.1. The highest BCUT2D eigenvalue weighted by Crippen LogP contribution is 2.31. The monoisotopic (exact) mass is 294 g/mol. The second kappa shape index (κ2) is 6.27. The molecule has 1 N–H and O–H groups in total. The van der Waals surface area contributed by atoms with Crippen LogP contribution in [0.1, 0.15) is 26.7 Å². The third-order valence-electron chi connectivity index (χ3n) is 3.67. The van der Waals surface area contributed by atoms with E-state index in [2.05, 4.69) is 5.32 Å². The molecule has 0 radical (unpaired) electrons. The average Bonchev–Trinajstić information content (AvgIpc) is 2.81. The van der Waals surface area contributed by atoms with E-state index in [0.717, 1.165) is 6.42 Å². The number of nitrogens with zero attached hydrogens (tertiary/aromatic N) is 1. The van der Waals surface area contributed by atoms with Crippen LogP contribution in [-0.2, 0) is 9.59 Å². The lowest BCUT2D eigenvalue weighted by molar-refractivity contribution is -0.132. The van der Waals surface area contributed by atoms with E-state index in [9.17, 15) is 9.59 Å². The van der Waals surface area contributed by atoms with Crippen LogP contribution in [0.15, 0.2) is 24.3 Å². The minimum Gasteiger partial charge on any atom is -0.353 e. The Hall–Kier alpha value is -1.55. The third kappa shape index (κ3) is 2.96. The Labute approximate surface area is 124 Å². The van der Waals surface area contributed by atoms with Crippen LogP contribution >= 0.6 is 11.6 Å². The van der Waals surface area contributed by atoms with E-state index in [1.807, 2.05) is 26.0 Å². The van der Waals surface area contributed by atoms with Crippen molar-refractivity contribution >= 4 is 29.1 Å². The summed E-state index contributed by atoms with van der Waals surface area (Å²) in [5.41, 5.74) is 0.679. The fraction of sp³-hybridized carbons (Fsp3) is 0.467. The number of hydrogen-bond donors (Lipinski definition) is 1. The molecule has 0 saturated carbocycles. The first-order valence-electron chi connectivity index (χ1n) is 6.91. The summed E-state index contributed by atoms with van der Waals surface area (Å²) in [5, 5.41) is 3.40. The van der Waals surface area contributed by atoms with Crippen molar-refractivity contribution in [3.05, 3.63) is 29.3 Å². The Bertz CT molecular complexity index is 518. The molecule has 0 bridgehead atoms. The molecule has 1 saturated heterocycles. The standard InChI is InChI=1S/C15H19ClN2O2/c1-3-10(2)17-14(19)11-8-9-18(15(11)20)13-7-5-4-6-12(13)16/h4-7,10-11H,3,8-9H2,1-2H3,(H,17,19). The van der Waals surface area contributed by atoms with Gasteiger partial charge in [0.15, 0.2) is 0 Å². The summed E-state index contributed by atoms with van der Waals surface area (Å²) in [6.07, 6.45) is 1.38. The number of anilines is 1. The predicted molar refractivity (Wildman–Crippen MR) is 79.8 cm³/mol. The lowest BCUT2D eigenvalue weighted by atomic mass is 10.1. The van der Waals surface area contributed by atoms with E-state index in [4.69, 9.17) is 11.6 Å². The van der Waals surface area contributed by atoms with E-state index >= 15 is 0 Å². The zero-order valence-corrected chi connectivity index (χ0v) is 12.5. The highest BCUT2D eigenvalue weighted by atomic mass is 35.5. The fourth-order valence-electron chi connectivity index (χ4n) is 2.28. The van der Waals surface area contributed by atoms with Gasteiger partial charge in [0, 0.05) is 12.6 Å². The van der Waals surface area contributed by atoms with Crippen LogP contribution in [0.25, 0.3) is 0 Å². The van der Waals surface area contributed by atoms with Crippen LogP contribution in [0.5, 0.6) is 0 Å². The third-order valence-corrected chi connectivity index (χ3v) is 3.99. The van der Waals surface area contributed by atoms with Gasteiger partial charge in [0.05, 0.1) is 10.7 Å². The second-order valence-corrected chi connectivity index (χ2v) is 5.51. The molecule has 1 fully saturated rings. The van der Waals surface area contributed by atoms with Gasteiger partial charge in [0.25, 0.3) is 0 Å². The summed E-state index contributed by atoms with van der Waals surface area (Å²) >= 11 is 6.11. The highest BCUT2D eigenvalue weighted by Gasteiger charge is 2.38. The van der Waals surface area contributed by atoms with Gasteiger partial charge in [-0.05, 0) is 31.9 Å². The number of rotatable bonds is 4. The second-order valence-electron chi connectivity index (χ2n) is 5.10. The van der Waals surface area contributed by atoms with Gasteiger partial charge in [-0.1, -0.05) is 30.7 Å². The van der Waals surface area contributed by atoms with Crippen LogP contribution < -0.4 is 10.2 Å². The van der Waals surface area contributed by atoms with Crippen molar-refractivity contribution in [3.8, 4) is 0 Å². The molecular formula is C15H19ClN2O2. The molecule has 1 aliphatic heterocycles. The van der Waals surface area contributed by atoms with Gasteiger partial charge in [0.2, 0.25) is 11.8 Å². The van der Waals surface area contributed by atoms with Crippen molar-refractivity contribution in [2.75, 3.05) is 11.4 Å². The van der Waals surface area contributed by atoms with E-state index < -0.39 is 5.92 Å². The molecule has 1 aromatic rings. The summed E-state index contributed by atoms with van der Waals surface area (Å²) in [6, 6.07) is 7.29. The smallest absolute Gasteiger partial charge is 0.239 e. The lowest BCUT2D eigenvalue weighted by Gasteiger charge is -2.19. The number of halogens is 1. The van der Waals surface area contributed by atoms with Crippen molar-refractivity contribution in [2.45, 2.75) is 32.7 Å². The molecule has 1 aromatic carbocycles. The molecule has 2 atom stereocenters. The minimum absolute atomic E-state index is 0.0877. The Morgan fingerprint density at radius 1 is 1.50 bits per heavy atom. The molecule has 2 unspecified atom stereocenters. The number of nitrogens with one attached hydrogen (secondary N) is 1. The van der Waals surface area contributed by atoms with E-state index in [-0.39, 0.29) is 17.9 Å². The quantitative estimate of drug-likeness (QED) is 0.868. The Balaban J connectivity index is 2.10. The van der Waals surface area contributed by atoms with Crippen molar-refractivity contribution in [2.24, 2.45) is 5.92 Å². The highest BCUT2D eigenvalue weighted by molar-refractivity contribution is 6.34. The molecule has 5 heteroatoms. The first-order chi connectivity index (χ1) is 9.54. The average molecular weight is 295 g/mol. The van der Waals surface area contributed by atoms with Gasteiger partial charge in [-0.25, -0.2) is 0 Å². The van der Waals surface area contributed by atoms with Gasteiger partial charge >= 0.3 is 0 Å². The van der Waals surface area contributed by atoms with Gasteiger partial charge in [-0.2, -0.15) is 0 Å². The van der Waals surface area contributed by atoms with Gasteiger partial charge in [-0.3, -0.25) is 9.59 Å². The Morgan fingerprint density at radius 3 is 2.85 bits per heavy atom. The molecular weight excluding hydrogens is 276 g/mol. The van der Waals surface area contributed by atoms with E-state index in [1.54, 1.807) is 17.0 Å². The first-order valence-corrected chi connectivity index (χ1v) is 7.28. The lowest BCUT2D eigenvalue weighted by Crippen LogP contribution is -2.40. The maximum atomic E-state index is 12.4. The summed E-state index contributed by atoms with van der Waals surface area (Å²) in [7, 11) is 0. The van der Waals surface area contributed by atoms with E-state index in [0.29, 0.717) is 23.7 Å². The minimum atomic E-state index is -0.597. The predicted octanol–water partition coefficient (Wildman–Crippen LogP) is 2.61.